The Kier molecular flexibility index (Phi) is 7.26. The zero-order valence-corrected chi connectivity index (χ0v) is 17.1. The molecule has 0 aliphatic carbocycles. The topological polar surface area (TPSA) is 102 Å². The van der Waals surface area contributed by atoms with Gasteiger partial charge in [0.05, 0.1) is 10.5 Å². The van der Waals surface area contributed by atoms with Crippen molar-refractivity contribution >= 4 is 27.6 Å². The number of carbonyl (C=O) groups is 2. The van der Waals surface area contributed by atoms with Crippen molar-refractivity contribution in [3.05, 3.63) is 59.4 Å². The second-order valence-corrected chi connectivity index (χ2v) is 8.16. The Hall–Kier alpha value is -3.15. The van der Waals surface area contributed by atoms with Gasteiger partial charge in [-0.15, -0.1) is 0 Å². The van der Waals surface area contributed by atoms with Crippen molar-refractivity contribution < 1.29 is 40.3 Å². The van der Waals surface area contributed by atoms with Crippen molar-refractivity contribution in [2.75, 3.05) is 11.3 Å². The highest BCUT2D eigenvalue weighted by Gasteiger charge is 2.29. The quantitative estimate of drug-likeness (QED) is 0.486. The largest absolute Gasteiger partial charge is 0.449 e. The highest BCUT2D eigenvalue weighted by atomic mass is 32.2. The van der Waals surface area contributed by atoms with Crippen LogP contribution in [0.15, 0.2) is 47.4 Å². The van der Waals surface area contributed by atoms with Crippen LogP contribution in [0.4, 0.5) is 23.2 Å². The summed E-state index contributed by atoms with van der Waals surface area (Å²) < 4.78 is 82.0. The number of alkyl halides is 3. The number of hydrogen-bond donors (Lipinski definition) is 2. The third-order valence-corrected chi connectivity index (χ3v) is 5.30. The molecule has 2 aromatic carbocycles. The van der Waals surface area contributed by atoms with Crippen molar-refractivity contribution in [3.8, 4) is 0 Å². The first-order valence-corrected chi connectivity index (χ1v) is 10.2. The third-order valence-electron chi connectivity index (χ3n) is 3.92. The maximum atomic E-state index is 13.7. The van der Waals surface area contributed by atoms with E-state index >= 15 is 0 Å². The third kappa shape index (κ3) is 6.95. The number of hydrogen-bond acceptors (Lipinski definition) is 5. The number of carbonyl (C=O) groups excluding carboxylic acids is 2. The van der Waals surface area contributed by atoms with E-state index in [4.69, 9.17) is 4.74 Å². The molecule has 7 nitrogen and oxygen atoms in total. The summed E-state index contributed by atoms with van der Waals surface area (Å²) in [5.41, 5.74) is 0.0486. The number of sulfonamides is 1. The smallest absolute Gasteiger partial charge is 0.405 e. The zero-order chi connectivity index (χ0) is 23.4. The molecule has 0 fully saturated rings. The van der Waals surface area contributed by atoms with Gasteiger partial charge in [0.25, 0.3) is 15.9 Å². The number of aryl methyl sites for hydroxylation is 1. The summed E-state index contributed by atoms with van der Waals surface area (Å²) >= 11 is 0. The van der Waals surface area contributed by atoms with Gasteiger partial charge in [0.15, 0.2) is 6.10 Å². The molecule has 0 saturated heterocycles. The van der Waals surface area contributed by atoms with Gasteiger partial charge in [0.1, 0.15) is 12.4 Å². The lowest BCUT2D eigenvalue weighted by atomic mass is 10.2. The van der Waals surface area contributed by atoms with Crippen molar-refractivity contribution in [1.82, 2.24) is 5.32 Å². The van der Waals surface area contributed by atoms with E-state index in [0.717, 1.165) is 19.1 Å². The SMILES string of the molecule is Cc1ccc(S(=O)(=O)Nc2cccc(C(=O)OC(C)C(=O)NCC(F)(F)F)c2)cc1F. The summed E-state index contributed by atoms with van der Waals surface area (Å²) in [5, 5.41) is 1.58. The predicted octanol–water partition coefficient (Wildman–Crippen LogP) is 3.16. The molecule has 0 saturated carbocycles. The second kappa shape index (κ2) is 9.33. The van der Waals surface area contributed by atoms with Crippen LogP contribution in [0.25, 0.3) is 0 Å². The maximum Gasteiger partial charge on any atom is 0.405 e. The molecular weight excluding hydrogens is 444 g/mol. The molecule has 2 N–H and O–H groups in total. The average molecular weight is 462 g/mol. The molecule has 0 aliphatic heterocycles. The van der Waals surface area contributed by atoms with E-state index in [2.05, 4.69) is 4.72 Å². The summed E-state index contributed by atoms with van der Waals surface area (Å²) in [7, 11) is -4.17. The van der Waals surface area contributed by atoms with Crippen molar-refractivity contribution in [3.63, 3.8) is 0 Å². The predicted molar refractivity (Wildman–Crippen MR) is 102 cm³/mol. The van der Waals surface area contributed by atoms with Gasteiger partial charge in [-0.05, 0) is 49.7 Å². The molecule has 0 aliphatic rings. The Balaban J connectivity index is 2.09. The van der Waals surface area contributed by atoms with Gasteiger partial charge in [-0.1, -0.05) is 12.1 Å². The summed E-state index contributed by atoms with van der Waals surface area (Å²) in [5.74, 6) is -2.92. The summed E-state index contributed by atoms with van der Waals surface area (Å²) in [6.07, 6.45) is -6.14. The van der Waals surface area contributed by atoms with Crippen molar-refractivity contribution in [1.29, 1.82) is 0 Å². The first-order chi connectivity index (χ1) is 14.3. The van der Waals surface area contributed by atoms with Crippen LogP contribution in [0.1, 0.15) is 22.8 Å². The molecule has 2 rings (SSSR count). The first kappa shape index (κ1) is 24.1. The van der Waals surface area contributed by atoms with Crippen LogP contribution in [-0.2, 0) is 19.6 Å². The molecule has 1 atom stereocenters. The number of halogens is 4. The fraction of sp³-hybridized carbons (Fsp3) is 0.263. The van der Waals surface area contributed by atoms with Crippen LogP contribution >= 0.6 is 0 Å². The number of ether oxygens (including phenoxy) is 1. The minimum atomic E-state index is -4.62. The number of rotatable bonds is 7. The maximum absolute atomic E-state index is 13.7. The fourth-order valence-corrected chi connectivity index (χ4v) is 3.34. The van der Waals surface area contributed by atoms with E-state index in [1.165, 1.54) is 37.3 Å². The first-order valence-electron chi connectivity index (χ1n) is 8.73. The number of amides is 1. The minimum absolute atomic E-state index is 0.0513. The van der Waals surface area contributed by atoms with Gasteiger partial charge in [0.2, 0.25) is 0 Å². The normalized spacial score (nSPS) is 12.7. The number of nitrogens with one attached hydrogen (secondary N) is 2. The lowest BCUT2D eigenvalue weighted by Crippen LogP contribution is -2.40. The zero-order valence-electron chi connectivity index (χ0n) is 16.3. The second-order valence-electron chi connectivity index (χ2n) is 6.48. The van der Waals surface area contributed by atoms with Gasteiger partial charge in [-0.25, -0.2) is 17.6 Å². The van der Waals surface area contributed by atoms with Crippen LogP contribution in [0.3, 0.4) is 0 Å². The van der Waals surface area contributed by atoms with Gasteiger partial charge < -0.3 is 10.1 Å². The van der Waals surface area contributed by atoms with Gasteiger partial charge >= 0.3 is 12.1 Å². The molecule has 0 bridgehead atoms. The molecule has 0 radical (unpaired) electrons. The summed E-state index contributed by atoms with van der Waals surface area (Å²) in [6, 6.07) is 8.34. The summed E-state index contributed by atoms with van der Waals surface area (Å²) in [6.45, 7) is 0.978. The number of benzene rings is 2. The van der Waals surface area contributed by atoms with E-state index < -0.39 is 46.5 Å². The highest BCUT2D eigenvalue weighted by molar-refractivity contribution is 7.92. The molecule has 0 heterocycles. The highest BCUT2D eigenvalue weighted by Crippen LogP contribution is 2.20. The van der Waals surface area contributed by atoms with Gasteiger partial charge in [-0.2, -0.15) is 13.2 Å². The van der Waals surface area contributed by atoms with Crippen LogP contribution < -0.4 is 10.0 Å². The molecule has 12 heteroatoms. The van der Waals surface area contributed by atoms with E-state index in [0.29, 0.717) is 0 Å². The Labute approximate surface area is 175 Å². The van der Waals surface area contributed by atoms with Crippen LogP contribution in [-0.4, -0.2) is 39.1 Å². The van der Waals surface area contributed by atoms with E-state index in [-0.39, 0.29) is 21.7 Å². The molecule has 0 spiro atoms. The standard InChI is InChI=1S/C19H18F4N2O5S/c1-11-6-7-15(9-16(11)20)31(28,29)25-14-5-3-4-13(8-14)18(27)30-12(2)17(26)24-10-19(21,22)23/h3-9,12,25H,10H2,1-2H3,(H,24,26). The molecule has 2 aromatic rings. The minimum Gasteiger partial charge on any atom is -0.449 e. The fourth-order valence-electron chi connectivity index (χ4n) is 2.28. The van der Waals surface area contributed by atoms with E-state index in [1.54, 1.807) is 5.32 Å². The Morgan fingerprint density at radius 3 is 2.42 bits per heavy atom. The monoisotopic (exact) mass is 462 g/mol. The summed E-state index contributed by atoms with van der Waals surface area (Å²) in [4.78, 5) is 23.5. The van der Waals surface area contributed by atoms with E-state index in [1.807, 2.05) is 0 Å². The lowest BCUT2D eigenvalue weighted by Gasteiger charge is -2.15. The van der Waals surface area contributed by atoms with Gasteiger partial charge in [0, 0.05) is 5.69 Å². The molecule has 1 unspecified atom stereocenters. The Morgan fingerprint density at radius 1 is 1.13 bits per heavy atom. The average Bonchev–Trinajstić information content (AvgIpc) is 2.67. The van der Waals surface area contributed by atoms with E-state index in [9.17, 15) is 35.6 Å². The van der Waals surface area contributed by atoms with Crippen LogP contribution in [0.5, 0.6) is 0 Å². The van der Waals surface area contributed by atoms with Crippen LogP contribution in [0, 0.1) is 12.7 Å². The molecule has 0 aromatic heterocycles. The van der Waals surface area contributed by atoms with Crippen molar-refractivity contribution in [2.24, 2.45) is 0 Å². The van der Waals surface area contributed by atoms with Crippen LogP contribution in [0.2, 0.25) is 0 Å². The molecule has 31 heavy (non-hydrogen) atoms. The molecule has 1 amide bonds. The van der Waals surface area contributed by atoms with Crippen molar-refractivity contribution in [2.45, 2.75) is 31.0 Å². The molecular formula is C19H18F4N2O5S. The Morgan fingerprint density at radius 2 is 1.81 bits per heavy atom. The molecule has 168 valence electrons. The Bertz CT molecular complexity index is 1090. The number of esters is 1. The number of anilines is 1. The van der Waals surface area contributed by atoms with Gasteiger partial charge in [-0.3, -0.25) is 9.52 Å². The lowest BCUT2D eigenvalue weighted by molar-refractivity contribution is -0.143.